The van der Waals surface area contributed by atoms with Gasteiger partial charge in [-0.15, -0.1) is 0 Å². The van der Waals surface area contributed by atoms with Crippen molar-refractivity contribution in [1.29, 1.82) is 0 Å². The zero-order valence-electron chi connectivity index (χ0n) is 11.7. The summed E-state index contributed by atoms with van der Waals surface area (Å²) in [5.74, 6) is -1.64. The highest BCUT2D eigenvalue weighted by molar-refractivity contribution is 7.89. The molecule has 1 aromatic rings. The number of rotatable bonds is 6. The highest BCUT2D eigenvalue weighted by atomic mass is 32.2. The van der Waals surface area contributed by atoms with E-state index in [1.54, 1.807) is 0 Å². The molecule has 0 aliphatic heterocycles. The Hall–Kier alpha value is -2.13. The van der Waals surface area contributed by atoms with Gasteiger partial charge in [0.05, 0.1) is 7.11 Å². The lowest BCUT2D eigenvalue weighted by molar-refractivity contribution is -0.138. The molecule has 0 spiro atoms. The first-order valence-corrected chi connectivity index (χ1v) is 7.36. The number of carboxylic acid groups (broad SMARTS) is 1. The minimum absolute atomic E-state index is 0.0363. The summed E-state index contributed by atoms with van der Waals surface area (Å²) in [6.45, 7) is 2.48. The molecular formula is C12H16N2O6S. The van der Waals surface area contributed by atoms with Crippen molar-refractivity contribution < 1.29 is 27.9 Å². The quantitative estimate of drug-likeness (QED) is 0.698. The zero-order valence-corrected chi connectivity index (χ0v) is 12.5. The number of amides is 1. The van der Waals surface area contributed by atoms with Crippen molar-refractivity contribution >= 4 is 27.6 Å². The van der Waals surface area contributed by atoms with E-state index in [4.69, 9.17) is 9.84 Å². The van der Waals surface area contributed by atoms with Crippen LogP contribution in [0.4, 0.5) is 5.69 Å². The van der Waals surface area contributed by atoms with E-state index in [-0.39, 0.29) is 22.2 Å². The van der Waals surface area contributed by atoms with Gasteiger partial charge in [-0.3, -0.25) is 9.59 Å². The maximum absolute atomic E-state index is 12.2. The Bertz CT molecular complexity index is 656. The van der Waals surface area contributed by atoms with Crippen LogP contribution in [0.1, 0.15) is 13.8 Å². The molecule has 116 valence electrons. The molecule has 0 saturated carbocycles. The number of sulfonamides is 1. The van der Waals surface area contributed by atoms with Crippen LogP contribution >= 0.6 is 0 Å². The van der Waals surface area contributed by atoms with Crippen molar-refractivity contribution in [2.75, 3.05) is 12.4 Å². The number of carbonyl (C=O) groups is 2. The maximum atomic E-state index is 12.2. The molecule has 0 aromatic heterocycles. The average Bonchev–Trinajstić information content (AvgIpc) is 2.37. The number of benzene rings is 1. The predicted octanol–water partition coefficient (Wildman–Crippen LogP) is 0.405. The molecule has 1 atom stereocenters. The first kappa shape index (κ1) is 16.9. The molecule has 0 aliphatic carbocycles. The van der Waals surface area contributed by atoms with Gasteiger partial charge in [-0.2, -0.15) is 4.72 Å². The van der Waals surface area contributed by atoms with Crippen molar-refractivity contribution in [3.8, 4) is 5.75 Å². The van der Waals surface area contributed by atoms with Gasteiger partial charge in [-0.25, -0.2) is 8.42 Å². The Labute approximate surface area is 122 Å². The molecule has 1 rings (SSSR count). The summed E-state index contributed by atoms with van der Waals surface area (Å²) in [5, 5.41) is 11.2. The van der Waals surface area contributed by atoms with Crippen molar-refractivity contribution in [2.24, 2.45) is 0 Å². The maximum Gasteiger partial charge on any atom is 0.321 e. The average molecular weight is 316 g/mol. The van der Waals surface area contributed by atoms with Crippen LogP contribution in [0, 0.1) is 0 Å². The lowest BCUT2D eigenvalue weighted by Gasteiger charge is -2.14. The Kier molecular flexibility index (Phi) is 5.28. The van der Waals surface area contributed by atoms with Crippen molar-refractivity contribution in [2.45, 2.75) is 24.8 Å². The second-order valence-corrected chi connectivity index (χ2v) is 5.91. The summed E-state index contributed by atoms with van der Waals surface area (Å²) in [5.41, 5.74) is 0.256. The lowest BCUT2D eigenvalue weighted by Crippen LogP contribution is -2.38. The number of hydrogen-bond donors (Lipinski definition) is 3. The fourth-order valence-corrected chi connectivity index (χ4v) is 2.91. The molecular weight excluding hydrogens is 300 g/mol. The van der Waals surface area contributed by atoms with Gasteiger partial charge >= 0.3 is 5.97 Å². The number of carbonyl (C=O) groups excluding carboxylic acids is 1. The Morgan fingerprint density at radius 2 is 1.95 bits per heavy atom. The molecule has 0 heterocycles. The Morgan fingerprint density at radius 1 is 1.33 bits per heavy atom. The zero-order chi connectivity index (χ0) is 16.2. The predicted molar refractivity (Wildman–Crippen MR) is 74.7 cm³/mol. The van der Waals surface area contributed by atoms with Crippen molar-refractivity contribution in [1.82, 2.24) is 4.72 Å². The lowest BCUT2D eigenvalue weighted by atomic mass is 10.3. The highest BCUT2D eigenvalue weighted by Gasteiger charge is 2.25. The SMILES string of the molecule is COc1ccc(NC(C)=O)cc1S(=O)(=O)N[C@H](C)C(=O)O. The first-order valence-electron chi connectivity index (χ1n) is 5.88. The van der Waals surface area contributed by atoms with E-state index in [0.29, 0.717) is 0 Å². The molecule has 0 fully saturated rings. The summed E-state index contributed by atoms with van der Waals surface area (Å²) in [4.78, 5) is 21.5. The molecule has 0 aliphatic rings. The number of ether oxygens (including phenoxy) is 1. The number of methoxy groups -OCH3 is 1. The summed E-state index contributed by atoms with van der Waals surface area (Å²) in [6.07, 6.45) is 0. The van der Waals surface area contributed by atoms with Crippen LogP contribution in [-0.4, -0.2) is 38.6 Å². The number of nitrogens with one attached hydrogen (secondary N) is 2. The van der Waals surface area contributed by atoms with Gasteiger partial charge in [0.2, 0.25) is 15.9 Å². The molecule has 8 nitrogen and oxygen atoms in total. The molecule has 0 unspecified atom stereocenters. The smallest absolute Gasteiger partial charge is 0.321 e. The van der Waals surface area contributed by atoms with Crippen LogP contribution in [-0.2, 0) is 19.6 Å². The van der Waals surface area contributed by atoms with Gasteiger partial charge in [0.25, 0.3) is 0 Å². The van der Waals surface area contributed by atoms with Gasteiger partial charge in [-0.1, -0.05) is 0 Å². The van der Waals surface area contributed by atoms with E-state index >= 15 is 0 Å². The minimum atomic E-state index is -4.11. The molecule has 0 radical (unpaired) electrons. The Balaban J connectivity index is 3.25. The van der Waals surface area contributed by atoms with E-state index in [2.05, 4.69) is 5.32 Å². The van der Waals surface area contributed by atoms with Crippen LogP contribution in [0.15, 0.2) is 23.1 Å². The first-order chi connectivity index (χ1) is 9.67. The van der Waals surface area contributed by atoms with Crippen LogP contribution in [0.2, 0.25) is 0 Å². The van der Waals surface area contributed by atoms with Crippen molar-refractivity contribution in [3.63, 3.8) is 0 Å². The van der Waals surface area contributed by atoms with E-state index in [1.807, 2.05) is 4.72 Å². The summed E-state index contributed by atoms with van der Waals surface area (Å²) in [7, 11) is -2.83. The monoisotopic (exact) mass is 316 g/mol. The molecule has 0 saturated heterocycles. The largest absolute Gasteiger partial charge is 0.495 e. The molecule has 21 heavy (non-hydrogen) atoms. The van der Waals surface area contributed by atoms with Gasteiger partial charge in [0.1, 0.15) is 16.7 Å². The second-order valence-electron chi connectivity index (χ2n) is 4.23. The Morgan fingerprint density at radius 3 is 2.43 bits per heavy atom. The number of carboxylic acids is 1. The van der Waals surface area contributed by atoms with E-state index in [9.17, 15) is 18.0 Å². The van der Waals surface area contributed by atoms with Gasteiger partial charge in [0.15, 0.2) is 0 Å². The number of aliphatic carboxylic acids is 1. The third-order valence-electron chi connectivity index (χ3n) is 2.48. The van der Waals surface area contributed by atoms with Crippen LogP contribution in [0.25, 0.3) is 0 Å². The standard InChI is InChI=1S/C12H16N2O6S/c1-7(12(16)17)14-21(18,19)11-6-9(13-8(2)15)4-5-10(11)20-3/h4-7,14H,1-3H3,(H,13,15)(H,16,17)/t7-/m1/s1. The van der Waals surface area contributed by atoms with Crippen LogP contribution in [0.5, 0.6) is 5.75 Å². The van der Waals surface area contributed by atoms with E-state index < -0.39 is 22.0 Å². The summed E-state index contributed by atoms with van der Waals surface area (Å²) in [6, 6.07) is 2.73. The topological polar surface area (TPSA) is 122 Å². The molecule has 3 N–H and O–H groups in total. The van der Waals surface area contributed by atoms with Gasteiger partial charge in [0, 0.05) is 12.6 Å². The minimum Gasteiger partial charge on any atom is -0.495 e. The van der Waals surface area contributed by atoms with E-state index in [1.165, 1.54) is 39.2 Å². The third-order valence-corrected chi connectivity index (χ3v) is 4.04. The normalized spacial score (nSPS) is 12.5. The fraction of sp³-hybridized carbons (Fsp3) is 0.333. The molecule has 9 heteroatoms. The van der Waals surface area contributed by atoms with Gasteiger partial charge < -0.3 is 15.2 Å². The summed E-state index contributed by atoms with van der Waals surface area (Å²) < 4.78 is 31.4. The molecule has 0 bridgehead atoms. The van der Waals surface area contributed by atoms with Crippen LogP contribution in [0.3, 0.4) is 0 Å². The fourth-order valence-electron chi connectivity index (χ4n) is 1.51. The van der Waals surface area contributed by atoms with Crippen molar-refractivity contribution in [3.05, 3.63) is 18.2 Å². The van der Waals surface area contributed by atoms with Gasteiger partial charge in [-0.05, 0) is 25.1 Å². The number of hydrogen-bond acceptors (Lipinski definition) is 5. The van der Waals surface area contributed by atoms with Crippen LogP contribution < -0.4 is 14.8 Å². The molecule has 1 aromatic carbocycles. The number of anilines is 1. The summed E-state index contributed by atoms with van der Waals surface area (Å²) >= 11 is 0. The molecule has 1 amide bonds. The highest BCUT2D eigenvalue weighted by Crippen LogP contribution is 2.27. The third kappa shape index (κ3) is 4.43. The second kappa shape index (κ2) is 6.55. The van der Waals surface area contributed by atoms with E-state index in [0.717, 1.165) is 0 Å².